The monoisotopic (exact) mass is 330 g/mol. The number of hydrogen-bond donors (Lipinski definition) is 1. The summed E-state index contributed by atoms with van der Waals surface area (Å²) in [4.78, 5) is 17.5. The van der Waals surface area contributed by atoms with Crippen molar-refractivity contribution >= 4 is 17.7 Å². The van der Waals surface area contributed by atoms with Crippen LogP contribution in [0.5, 0.6) is 0 Å². The van der Waals surface area contributed by atoms with Crippen molar-refractivity contribution in [3.05, 3.63) is 30.1 Å². The van der Waals surface area contributed by atoms with Crippen molar-refractivity contribution < 1.29 is 4.79 Å². The van der Waals surface area contributed by atoms with Crippen LogP contribution in [0, 0.1) is 0 Å². The number of hydrogen-bond acceptors (Lipinski definition) is 4. The Bertz CT molecular complexity index is 680. The van der Waals surface area contributed by atoms with E-state index in [1.807, 2.05) is 4.68 Å². The number of amides is 1. The van der Waals surface area contributed by atoms with E-state index in [4.69, 9.17) is 10.1 Å². The fraction of sp³-hybridized carbons (Fsp3) is 0.471. The second-order valence-corrected chi connectivity index (χ2v) is 6.68. The third-order valence-electron chi connectivity index (χ3n) is 4.11. The number of carbonyl (C=O) groups is 1. The molecule has 122 valence electrons. The van der Waals surface area contributed by atoms with Crippen LogP contribution in [0.4, 0.5) is 0 Å². The summed E-state index contributed by atoms with van der Waals surface area (Å²) in [5.41, 5.74) is 1.02. The number of rotatable bonds is 6. The standard InChI is InChI=1S/C17H22N4OS/c1-3-4-9-21-17(13-10-15(22)18-11-13)19-16(20-21)12-5-7-14(23-2)8-6-12/h5-8,13H,3-4,9-11H2,1-2H3,(H,18,22). The molecular formula is C17H22N4OS. The first-order valence-electron chi connectivity index (χ1n) is 8.07. The Kier molecular flexibility index (Phi) is 5.00. The zero-order valence-electron chi connectivity index (χ0n) is 13.6. The normalized spacial score (nSPS) is 17.5. The first-order chi connectivity index (χ1) is 11.2. The average molecular weight is 330 g/mol. The van der Waals surface area contributed by atoms with Gasteiger partial charge in [-0.3, -0.25) is 4.79 Å². The van der Waals surface area contributed by atoms with Gasteiger partial charge in [-0.1, -0.05) is 25.5 Å². The lowest BCUT2D eigenvalue weighted by Gasteiger charge is -2.08. The van der Waals surface area contributed by atoms with Crippen LogP contribution in [0.15, 0.2) is 29.2 Å². The number of thioether (sulfide) groups is 1. The summed E-state index contributed by atoms with van der Waals surface area (Å²) >= 11 is 1.72. The second kappa shape index (κ2) is 7.17. The van der Waals surface area contributed by atoms with Crippen LogP contribution in [-0.4, -0.2) is 33.5 Å². The lowest BCUT2D eigenvalue weighted by molar-refractivity contribution is -0.119. The van der Waals surface area contributed by atoms with Gasteiger partial charge in [-0.15, -0.1) is 11.8 Å². The SMILES string of the molecule is CCCCn1nc(-c2ccc(SC)cc2)nc1C1CNC(=O)C1. The average Bonchev–Trinajstić information content (AvgIpc) is 3.19. The molecule has 1 aliphatic heterocycles. The molecule has 23 heavy (non-hydrogen) atoms. The molecule has 1 saturated heterocycles. The molecular weight excluding hydrogens is 308 g/mol. The summed E-state index contributed by atoms with van der Waals surface area (Å²) in [6, 6.07) is 8.31. The zero-order chi connectivity index (χ0) is 16.2. The van der Waals surface area contributed by atoms with Gasteiger partial charge in [0.05, 0.1) is 0 Å². The van der Waals surface area contributed by atoms with Crippen LogP contribution in [0.25, 0.3) is 11.4 Å². The summed E-state index contributed by atoms with van der Waals surface area (Å²) in [6.07, 6.45) is 4.75. The number of nitrogens with one attached hydrogen (secondary N) is 1. The summed E-state index contributed by atoms with van der Waals surface area (Å²) in [5.74, 6) is 1.92. The van der Waals surface area contributed by atoms with Crippen molar-refractivity contribution in [1.29, 1.82) is 0 Å². The molecule has 2 heterocycles. The summed E-state index contributed by atoms with van der Waals surface area (Å²) in [7, 11) is 0. The number of aromatic nitrogens is 3. The summed E-state index contributed by atoms with van der Waals surface area (Å²) in [5, 5.41) is 7.60. The fourth-order valence-corrected chi connectivity index (χ4v) is 3.19. The quantitative estimate of drug-likeness (QED) is 0.827. The largest absolute Gasteiger partial charge is 0.355 e. The Morgan fingerprint density at radius 2 is 2.13 bits per heavy atom. The van der Waals surface area contributed by atoms with Crippen molar-refractivity contribution in [3.8, 4) is 11.4 Å². The van der Waals surface area contributed by atoms with Gasteiger partial charge in [0, 0.05) is 35.9 Å². The molecule has 0 aliphatic carbocycles. The molecule has 1 N–H and O–H groups in total. The molecule has 1 aromatic carbocycles. The maximum Gasteiger partial charge on any atom is 0.220 e. The Morgan fingerprint density at radius 3 is 2.74 bits per heavy atom. The smallest absolute Gasteiger partial charge is 0.220 e. The van der Waals surface area contributed by atoms with Gasteiger partial charge in [-0.2, -0.15) is 5.10 Å². The van der Waals surface area contributed by atoms with Gasteiger partial charge in [0.15, 0.2) is 5.82 Å². The van der Waals surface area contributed by atoms with Gasteiger partial charge in [0.25, 0.3) is 0 Å². The van der Waals surface area contributed by atoms with E-state index in [0.717, 1.165) is 36.6 Å². The van der Waals surface area contributed by atoms with E-state index in [1.54, 1.807) is 11.8 Å². The number of benzene rings is 1. The van der Waals surface area contributed by atoms with Crippen LogP contribution in [-0.2, 0) is 11.3 Å². The highest BCUT2D eigenvalue weighted by Gasteiger charge is 2.28. The second-order valence-electron chi connectivity index (χ2n) is 5.80. The van der Waals surface area contributed by atoms with Gasteiger partial charge < -0.3 is 5.32 Å². The van der Waals surface area contributed by atoms with Crippen LogP contribution in [0.1, 0.15) is 37.9 Å². The maximum atomic E-state index is 11.5. The van der Waals surface area contributed by atoms with Crippen molar-refractivity contribution in [3.63, 3.8) is 0 Å². The molecule has 1 unspecified atom stereocenters. The van der Waals surface area contributed by atoms with Gasteiger partial charge in [0.1, 0.15) is 5.82 Å². The molecule has 5 nitrogen and oxygen atoms in total. The third kappa shape index (κ3) is 3.58. The third-order valence-corrected chi connectivity index (χ3v) is 4.86. The number of unbranched alkanes of at least 4 members (excludes halogenated alkanes) is 1. The lowest BCUT2D eigenvalue weighted by Crippen LogP contribution is -2.15. The molecule has 3 rings (SSSR count). The van der Waals surface area contributed by atoms with E-state index >= 15 is 0 Å². The van der Waals surface area contributed by atoms with E-state index in [1.165, 1.54) is 4.90 Å². The van der Waals surface area contributed by atoms with E-state index < -0.39 is 0 Å². The lowest BCUT2D eigenvalue weighted by atomic mass is 10.1. The molecule has 1 fully saturated rings. The molecule has 6 heteroatoms. The molecule has 0 spiro atoms. The van der Waals surface area contributed by atoms with Gasteiger partial charge >= 0.3 is 0 Å². The number of nitrogens with zero attached hydrogens (tertiary/aromatic N) is 3. The predicted octanol–water partition coefficient (Wildman–Crippen LogP) is 3.07. The van der Waals surface area contributed by atoms with Crippen LogP contribution in [0.3, 0.4) is 0 Å². The van der Waals surface area contributed by atoms with E-state index in [2.05, 4.69) is 42.8 Å². The van der Waals surface area contributed by atoms with Crippen molar-refractivity contribution in [2.45, 2.75) is 43.5 Å². The van der Waals surface area contributed by atoms with Crippen molar-refractivity contribution in [2.75, 3.05) is 12.8 Å². The Hall–Kier alpha value is -1.82. The molecule has 2 aromatic rings. The van der Waals surface area contributed by atoms with Gasteiger partial charge in [-0.05, 0) is 24.8 Å². The molecule has 1 aromatic heterocycles. The Labute approximate surface area is 140 Å². The molecule has 1 aliphatic rings. The highest BCUT2D eigenvalue weighted by Crippen LogP contribution is 2.26. The van der Waals surface area contributed by atoms with Crippen LogP contribution in [0.2, 0.25) is 0 Å². The maximum absolute atomic E-state index is 11.5. The van der Waals surface area contributed by atoms with Gasteiger partial charge in [-0.25, -0.2) is 9.67 Å². The molecule has 0 bridgehead atoms. The highest BCUT2D eigenvalue weighted by molar-refractivity contribution is 7.98. The Morgan fingerprint density at radius 1 is 1.35 bits per heavy atom. The Balaban J connectivity index is 1.91. The minimum Gasteiger partial charge on any atom is -0.355 e. The van der Waals surface area contributed by atoms with Crippen LogP contribution < -0.4 is 5.32 Å². The van der Waals surface area contributed by atoms with E-state index in [9.17, 15) is 4.79 Å². The van der Waals surface area contributed by atoms with Gasteiger partial charge in [0.2, 0.25) is 5.91 Å². The van der Waals surface area contributed by atoms with E-state index in [-0.39, 0.29) is 11.8 Å². The summed E-state index contributed by atoms with van der Waals surface area (Å²) < 4.78 is 1.99. The minimum absolute atomic E-state index is 0.103. The van der Waals surface area contributed by atoms with Crippen molar-refractivity contribution in [1.82, 2.24) is 20.1 Å². The van der Waals surface area contributed by atoms with Crippen molar-refractivity contribution in [2.24, 2.45) is 0 Å². The fourth-order valence-electron chi connectivity index (χ4n) is 2.78. The number of aryl methyl sites for hydroxylation is 1. The highest BCUT2D eigenvalue weighted by atomic mass is 32.2. The van der Waals surface area contributed by atoms with E-state index in [0.29, 0.717) is 13.0 Å². The molecule has 1 amide bonds. The molecule has 1 atom stereocenters. The first kappa shape index (κ1) is 16.1. The molecule has 0 radical (unpaired) electrons. The minimum atomic E-state index is 0.103. The first-order valence-corrected chi connectivity index (χ1v) is 9.29. The molecule has 0 saturated carbocycles. The van der Waals surface area contributed by atoms with Crippen LogP contribution >= 0.6 is 11.8 Å². The number of carbonyl (C=O) groups excluding carboxylic acids is 1. The topological polar surface area (TPSA) is 59.8 Å². The predicted molar refractivity (Wildman–Crippen MR) is 92.5 cm³/mol. The summed E-state index contributed by atoms with van der Waals surface area (Å²) in [6.45, 7) is 3.68. The zero-order valence-corrected chi connectivity index (χ0v) is 14.4.